The molecule has 3 N–H and O–H groups in total. The average Bonchev–Trinajstić information content (AvgIpc) is 3.08. The first kappa shape index (κ1) is 16.1. The van der Waals surface area contributed by atoms with Crippen molar-refractivity contribution >= 4 is 26.5 Å². The SMILES string of the molecule is CC1CCC2(CC1)OCC(CNc1ncc(S(N)(=O)=O)s1)O2. The number of rotatable bonds is 4. The lowest BCUT2D eigenvalue weighted by atomic mass is 9.86. The molecule has 2 fully saturated rings. The standard InChI is InChI=1S/C13H21N3O4S2/c1-9-2-4-13(5-3-9)19-8-10(20-13)6-15-12-16-7-11(21-12)22(14,17)18/h7,9-10H,2-6,8H2,1H3,(H,15,16)(H2,14,17,18). The minimum atomic E-state index is -3.69. The molecule has 2 aliphatic rings. The molecule has 1 atom stereocenters. The van der Waals surface area contributed by atoms with Crippen molar-refractivity contribution in [2.45, 2.75) is 48.7 Å². The van der Waals surface area contributed by atoms with E-state index in [1.165, 1.54) is 6.20 Å². The molecule has 0 radical (unpaired) electrons. The van der Waals surface area contributed by atoms with Crippen molar-refractivity contribution in [3.8, 4) is 0 Å². The van der Waals surface area contributed by atoms with Gasteiger partial charge in [-0.1, -0.05) is 18.3 Å². The molecule has 1 spiro atoms. The van der Waals surface area contributed by atoms with Gasteiger partial charge in [-0.05, 0) is 18.8 Å². The third kappa shape index (κ3) is 3.60. The molecule has 0 amide bonds. The van der Waals surface area contributed by atoms with Crippen molar-refractivity contribution in [3.63, 3.8) is 0 Å². The number of anilines is 1. The number of primary sulfonamides is 1. The molecule has 1 saturated heterocycles. The number of aromatic nitrogens is 1. The zero-order valence-corrected chi connectivity index (χ0v) is 14.1. The highest BCUT2D eigenvalue weighted by atomic mass is 32.2. The second-order valence-electron chi connectivity index (χ2n) is 6.05. The van der Waals surface area contributed by atoms with Gasteiger partial charge in [-0.2, -0.15) is 0 Å². The number of nitrogens with one attached hydrogen (secondary N) is 1. The minimum absolute atomic E-state index is 0.0461. The highest BCUT2D eigenvalue weighted by Crippen LogP contribution is 2.39. The zero-order valence-electron chi connectivity index (χ0n) is 12.4. The number of nitrogens with zero attached hydrogens (tertiary/aromatic N) is 1. The summed E-state index contributed by atoms with van der Waals surface area (Å²) in [6.07, 6.45) is 5.36. The summed E-state index contributed by atoms with van der Waals surface area (Å²) in [5.74, 6) is 0.329. The molecule has 2 heterocycles. The van der Waals surface area contributed by atoms with E-state index in [0.29, 0.717) is 18.3 Å². The van der Waals surface area contributed by atoms with Crippen molar-refractivity contribution in [2.24, 2.45) is 11.1 Å². The second kappa shape index (κ2) is 6.04. The summed E-state index contributed by atoms with van der Waals surface area (Å²) >= 11 is 1.02. The van der Waals surface area contributed by atoms with E-state index in [-0.39, 0.29) is 10.3 Å². The lowest BCUT2D eigenvalue weighted by Gasteiger charge is -2.34. The van der Waals surface area contributed by atoms with E-state index >= 15 is 0 Å². The quantitative estimate of drug-likeness (QED) is 0.856. The smallest absolute Gasteiger partial charge is 0.249 e. The maximum atomic E-state index is 11.2. The zero-order chi connectivity index (χ0) is 15.8. The van der Waals surface area contributed by atoms with Crippen LogP contribution in [0.1, 0.15) is 32.6 Å². The van der Waals surface area contributed by atoms with Crippen molar-refractivity contribution in [2.75, 3.05) is 18.5 Å². The van der Waals surface area contributed by atoms with Gasteiger partial charge in [0.25, 0.3) is 0 Å². The number of sulfonamides is 1. The molecule has 9 heteroatoms. The summed E-state index contributed by atoms with van der Waals surface area (Å²) < 4.78 is 34.5. The monoisotopic (exact) mass is 347 g/mol. The summed E-state index contributed by atoms with van der Waals surface area (Å²) in [7, 11) is -3.69. The molecule has 0 bridgehead atoms. The van der Waals surface area contributed by atoms with Crippen LogP contribution in [-0.4, -0.2) is 38.4 Å². The van der Waals surface area contributed by atoms with Gasteiger partial charge in [0.1, 0.15) is 6.10 Å². The van der Waals surface area contributed by atoms with Gasteiger partial charge >= 0.3 is 0 Å². The molecule has 3 rings (SSSR count). The Hall–Kier alpha value is -0.740. The summed E-state index contributed by atoms with van der Waals surface area (Å²) in [4.78, 5) is 4.01. The molecule has 0 aromatic carbocycles. The summed E-state index contributed by atoms with van der Waals surface area (Å²) in [6.45, 7) is 3.34. The summed E-state index contributed by atoms with van der Waals surface area (Å²) in [5.41, 5.74) is 0. The van der Waals surface area contributed by atoms with Gasteiger partial charge < -0.3 is 14.8 Å². The first-order chi connectivity index (χ1) is 10.4. The fourth-order valence-corrected chi connectivity index (χ4v) is 4.31. The molecule has 1 aromatic rings. The van der Waals surface area contributed by atoms with E-state index < -0.39 is 15.8 Å². The Balaban J connectivity index is 1.52. The topological polar surface area (TPSA) is 104 Å². The number of thiazole rings is 1. The largest absolute Gasteiger partial charge is 0.359 e. The Bertz CT molecular complexity index is 623. The third-order valence-corrected chi connectivity index (χ3v) is 6.56. The predicted molar refractivity (Wildman–Crippen MR) is 83.2 cm³/mol. The molecule has 1 saturated carbocycles. The molecule has 1 aromatic heterocycles. The van der Waals surface area contributed by atoms with E-state index in [4.69, 9.17) is 14.6 Å². The Labute approximate surface area is 134 Å². The number of hydrogen-bond acceptors (Lipinski definition) is 7. The van der Waals surface area contributed by atoms with E-state index in [9.17, 15) is 8.42 Å². The minimum Gasteiger partial charge on any atom is -0.359 e. The molecule has 1 unspecified atom stereocenters. The number of hydrogen-bond donors (Lipinski definition) is 2. The second-order valence-corrected chi connectivity index (χ2v) is 8.87. The van der Waals surface area contributed by atoms with Gasteiger partial charge in [0.2, 0.25) is 10.0 Å². The van der Waals surface area contributed by atoms with E-state index in [0.717, 1.165) is 42.9 Å². The van der Waals surface area contributed by atoms with E-state index in [1.807, 2.05) is 0 Å². The number of nitrogens with two attached hydrogens (primary N) is 1. The van der Waals surface area contributed by atoms with E-state index in [2.05, 4.69) is 17.2 Å². The lowest BCUT2D eigenvalue weighted by molar-refractivity contribution is -0.190. The molecular weight excluding hydrogens is 326 g/mol. The molecular formula is C13H21N3O4S2. The Morgan fingerprint density at radius 1 is 1.50 bits per heavy atom. The van der Waals surface area contributed by atoms with Gasteiger partial charge in [0, 0.05) is 19.4 Å². The molecule has 7 nitrogen and oxygen atoms in total. The molecule has 1 aliphatic carbocycles. The van der Waals surface area contributed by atoms with Crippen LogP contribution in [-0.2, 0) is 19.5 Å². The third-order valence-electron chi connectivity index (χ3n) is 4.20. The highest BCUT2D eigenvalue weighted by molar-refractivity contribution is 7.91. The molecule has 1 aliphatic heterocycles. The van der Waals surface area contributed by atoms with Crippen LogP contribution >= 0.6 is 11.3 Å². The van der Waals surface area contributed by atoms with Crippen LogP contribution in [0, 0.1) is 5.92 Å². The molecule has 22 heavy (non-hydrogen) atoms. The average molecular weight is 347 g/mol. The maximum Gasteiger partial charge on any atom is 0.249 e. The fraction of sp³-hybridized carbons (Fsp3) is 0.769. The van der Waals surface area contributed by atoms with Crippen LogP contribution in [0.15, 0.2) is 10.4 Å². The van der Waals surface area contributed by atoms with Crippen LogP contribution in [0.2, 0.25) is 0 Å². The van der Waals surface area contributed by atoms with Gasteiger partial charge in [-0.3, -0.25) is 0 Å². The van der Waals surface area contributed by atoms with Crippen LogP contribution in [0.5, 0.6) is 0 Å². The van der Waals surface area contributed by atoms with Crippen LogP contribution in [0.3, 0.4) is 0 Å². The van der Waals surface area contributed by atoms with Crippen LogP contribution < -0.4 is 10.5 Å². The lowest BCUT2D eigenvalue weighted by Crippen LogP contribution is -2.36. The van der Waals surface area contributed by atoms with Crippen molar-refractivity contribution in [3.05, 3.63) is 6.20 Å². The normalized spacial score (nSPS) is 32.5. The molecule has 124 valence electrons. The Morgan fingerprint density at radius 2 is 2.23 bits per heavy atom. The van der Waals surface area contributed by atoms with Crippen LogP contribution in [0.4, 0.5) is 5.13 Å². The van der Waals surface area contributed by atoms with Crippen molar-refractivity contribution < 1.29 is 17.9 Å². The first-order valence-corrected chi connectivity index (χ1v) is 9.77. The van der Waals surface area contributed by atoms with Gasteiger partial charge in [-0.25, -0.2) is 18.5 Å². The van der Waals surface area contributed by atoms with Crippen molar-refractivity contribution in [1.29, 1.82) is 0 Å². The Morgan fingerprint density at radius 3 is 2.86 bits per heavy atom. The number of ether oxygens (including phenoxy) is 2. The fourth-order valence-electron chi connectivity index (χ4n) is 2.86. The Kier molecular flexibility index (Phi) is 4.43. The van der Waals surface area contributed by atoms with Gasteiger partial charge in [0.05, 0.1) is 12.8 Å². The highest BCUT2D eigenvalue weighted by Gasteiger charge is 2.43. The predicted octanol–water partition coefficient (Wildman–Crippen LogP) is 1.52. The summed E-state index contributed by atoms with van der Waals surface area (Å²) in [5, 5.41) is 8.67. The van der Waals surface area contributed by atoms with Crippen molar-refractivity contribution in [1.82, 2.24) is 4.98 Å². The van der Waals surface area contributed by atoms with Crippen LogP contribution in [0.25, 0.3) is 0 Å². The van der Waals surface area contributed by atoms with Gasteiger partial charge in [0.15, 0.2) is 15.1 Å². The van der Waals surface area contributed by atoms with E-state index in [1.54, 1.807) is 0 Å². The van der Waals surface area contributed by atoms with Gasteiger partial charge in [-0.15, -0.1) is 0 Å². The summed E-state index contributed by atoms with van der Waals surface area (Å²) in [6, 6.07) is 0. The first-order valence-electron chi connectivity index (χ1n) is 7.41. The maximum absolute atomic E-state index is 11.2.